The molecule has 1 amide bonds. The molecule has 0 unspecified atom stereocenters. The van der Waals surface area contributed by atoms with Crippen LogP contribution >= 0.6 is 0 Å². The van der Waals surface area contributed by atoms with Crippen LogP contribution in [0.15, 0.2) is 0 Å². The second-order valence-corrected chi connectivity index (χ2v) is 3.10. The summed E-state index contributed by atoms with van der Waals surface area (Å²) in [5, 5.41) is 11.6. The second kappa shape index (κ2) is 4.42. The third-order valence-corrected chi connectivity index (χ3v) is 1.89. The fraction of sp³-hybridized carbons (Fsp3) is 0.875. The van der Waals surface area contributed by atoms with E-state index in [-0.39, 0.29) is 11.9 Å². The van der Waals surface area contributed by atoms with Crippen LogP contribution in [0.5, 0.6) is 0 Å². The molecular formula is C8H15NO3. The summed E-state index contributed by atoms with van der Waals surface area (Å²) in [6, 6.07) is 0.0841. The summed E-state index contributed by atoms with van der Waals surface area (Å²) in [5.74, 6) is -0.314. The third-order valence-electron chi connectivity index (χ3n) is 1.89. The monoisotopic (exact) mass is 173 g/mol. The van der Waals surface area contributed by atoms with Gasteiger partial charge in [-0.15, -0.1) is 0 Å². The van der Waals surface area contributed by atoms with E-state index in [1.807, 2.05) is 0 Å². The first kappa shape index (κ1) is 9.48. The average Bonchev–Trinajstić information content (AvgIpc) is 2.06. The fourth-order valence-corrected chi connectivity index (χ4v) is 1.18. The molecule has 4 nitrogen and oxygen atoms in total. The Balaban J connectivity index is 2.24. The van der Waals surface area contributed by atoms with Crippen molar-refractivity contribution in [2.45, 2.75) is 31.9 Å². The van der Waals surface area contributed by atoms with E-state index in [1.54, 1.807) is 0 Å². The Kier molecular flexibility index (Phi) is 3.49. The highest BCUT2D eigenvalue weighted by Gasteiger charge is 2.17. The predicted octanol–water partition coefficient (Wildman–Crippen LogP) is -0.338. The van der Waals surface area contributed by atoms with Gasteiger partial charge in [-0.25, -0.2) is 0 Å². The Morgan fingerprint density at radius 2 is 2.50 bits per heavy atom. The molecule has 1 fully saturated rings. The van der Waals surface area contributed by atoms with E-state index in [4.69, 9.17) is 9.84 Å². The van der Waals surface area contributed by atoms with Crippen molar-refractivity contribution >= 4 is 5.91 Å². The minimum absolute atomic E-state index is 0.0841. The molecule has 12 heavy (non-hydrogen) atoms. The van der Waals surface area contributed by atoms with Gasteiger partial charge in [0, 0.05) is 6.61 Å². The average molecular weight is 173 g/mol. The largest absolute Gasteiger partial charge is 0.384 e. The third kappa shape index (κ3) is 2.79. The minimum Gasteiger partial charge on any atom is -0.384 e. The topological polar surface area (TPSA) is 58.6 Å². The van der Waals surface area contributed by atoms with E-state index >= 15 is 0 Å². The van der Waals surface area contributed by atoms with Crippen molar-refractivity contribution in [1.29, 1.82) is 0 Å². The summed E-state index contributed by atoms with van der Waals surface area (Å²) < 4.78 is 5.17. The molecule has 0 aromatic heterocycles. The molecule has 4 heteroatoms. The van der Waals surface area contributed by atoms with Crippen LogP contribution in [0.2, 0.25) is 0 Å². The number of nitrogens with one attached hydrogen (secondary N) is 1. The Morgan fingerprint density at radius 3 is 3.00 bits per heavy atom. The van der Waals surface area contributed by atoms with E-state index in [9.17, 15) is 4.79 Å². The predicted molar refractivity (Wildman–Crippen MR) is 43.7 cm³/mol. The summed E-state index contributed by atoms with van der Waals surface area (Å²) in [5.41, 5.74) is 0. The van der Waals surface area contributed by atoms with Crippen LogP contribution in [0.4, 0.5) is 0 Å². The maximum Gasteiger partial charge on any atom is 0.248 e. The molecule has 70 valence electrons. The van der Waals surface area contributed by atoms with Crippen molar-refractivity contribution in [3.8, 4) is 0 Å². The first-order chi connectivity index (χ1) is 5.70. The van der Waals surface area contributed by atoms with Crippen LogP contribution in [0.3, 0.4) is 0 Å². The fourth-order valence-electron chi connectivity index (χ4n) is 1.18. The lowest BCUT2D eigenvalue weighted by atomic mass is 10.1. The van der Waals surface area contributed by atoms with Crippen molar-refractivity contribution in [2.24, 2.45) is 0 Å². The molecule has 0 aromatic carbocycles. The van der Waals surface area contributed by atoms with Crippen LogP contribution in [-0.4, -0.2) is 36.4 Å². The summed E-state index contributed by atoms with van der Waals surface area (Å²) in [4.78, 5) is 11.0. The summed E-state index contributed by atoms with van der Waals surface area (Å²) >= 11 is 0. The molecule has 1 rings (SSSR count). The van der Waals surface area contributed by atoms with Gasteiger partial charge in [-0.3, -0.25) is 4.79 Å². The number of aliphatic hydroxyl groups is 1. The van der Waals surface area contributed by atoms with Gasteiger partial charge >= 0.3 is 0 Å². The van der Waals surface area contributed by atoms with Gasteiger partial charge in [0.1, 0.15) is 6.10 Å². The number of ether oxygens (including phenoxy) is 1. The van der Waals surface area contributed by atoms with E-state index in [1.165, 1.54) is 6.92 Å². The van der Waals surface area contributed by atoms with Gasteiger partial charge in [-0.2, -0.15) is 0 Å². The lowest BCUT2D eigenvalue weighted by Crippen LogP contribution is -2.44. The van der Waals surface area contributed by atoms with Gasteiger partial charge < -0.3 is 15.2 Å². The molecule has 0 aliphatic carbocycles. The van der Waals surface area contributed by atoms with Gasteiger partial charge in [0.15, 0.2) is 0 Å². The first-order valence-corrected chi connectivity index (χ1v) is 4.26. The number of carbonyl (C=O) groups excluding carboxylic acids is 1. The quantitative estimate of drug-likeness (QED) is 0.600. The number of hydrogen-bond donors (Lipinski definition) is 2. The Labute approximate surface area is 71.9 Å². The first-order valence-electron chi connectivity index (χ1n) is 4.26. The van der Waals surface area contributed by atoms with Crippen molar-refractivity contribution in [2.75, 3.05) is 13.2 Å². The van der Waals surface area contributed by atoms with Crippen LogP contribution in [0.25, 0.3) is 0 Å². The maximum atomic E-state index is 11.0. The molecule has 0 spiro atoms. The molecule has 0 bridgehead atoms. The molecule has 1 saturated heterocycles. The van der Waals surface area contributed by atoms with Crippen LogP contribution in [0, 0.1) is 0 Å². The van der Waals surface area contributed by atoms with Gasteiger partial charge in [0.25, 0.3) is 0 Å². The van der Waals surface area contributed by atoms with Crippen molar-refractivity contribution in [3.05, 3.63) is 0 Å². The Morgan fingerprint density at radius 1 is 1.75 bits per heavy atom. The standard InChI is InChI=1S/C8H15NO3/c1-6(10)8(11)9-7-3-2-4-12-5-7/h6-7,10H,2-5H2,1H3,(H,9,11)/t6-,7+/m1/s1. The maximum absolute atomic E-state index is 11.0. The molecule has 1 aliphatic rings. The summed E-state index contributed by atoms with van der Waals surface area (Å²) in [6.07, 6.45) is 0.996. The molecule has 2 atom stereocenters. The number of amides is 1. The lowest BCUT2D eigenvalue weighted by molar-refractivity contribution is -0.130. The van der Waals surface area contributed by atoms with E-state index in [2.05, 4.69) is 5.32 Å². The highest BCUT2D eigenvalue weighted by atomic mass is 16.5. The lowest BCUT2D eigenvalue weighted by Gasteiger charge is -2.23. The Bertz CT molecular complexity index is 152. The summed E-state index contributed by atoms with van der Waals surface area (Å²) in [6.45, 7) is 2.80. The molecule has 1 heterocycles. The minimum atomic E-state index is -0.924. The molecular weight excluding hydrogens is 158 g/mol. The van der Waals surface area contributed by atoms with Crippen LogP contribution in [-0.2, 0) is 9.53 Å². The molecule has 1 aliphatic heterocycles. The molecule has 0 saturated carbocycles. The molecule has 0 radical (unpaired) electrons. The van der Waals surface area contributed by atoms with Crippen molar-refractivity contribution in [1.82, 2.24) is 5.32 Å². The second-order valence-electron chi connectivity index (χ2n) is 3.10. The van der Waals surface area contributed by atoms with Crippen molar-refractivity contribution in [3.63, 3.8) is 0 Å². The van der Waals surface area contributed by atoms with Gasteiger partial charge in [-0.1, -0.05) is 0 Å². The molecule has 0 aromatic rings. The smallest absolute Gasteiger partial charge is 0.248 e. The normalized spacial score (nSPS) is 26.3. The van der Waals surface area contributed by atoms with Crippen molar-refractivity contribution < 1.29 is 14.6 Å². The van der Waals surface area contributed by atoms with Gasteiger partial charge in [0.05, 0.1) is 12.6 Å². The highest BCUT2D eigenvalue weighted by molar-refractivity contribution is 5.80. The number of hydrogen-bond acceptors (Lipinski definition) is 3. The number of rotatable bonds is 2. The zero-order valence-electron chi connectivity index (χ0n) is 7.25. The number of aliphatic hydroxyl groups excluding tert-OH is 1. The Hall–Kier alpha value is -0.610. The van der Waals surface area contributed by atoms with Gasteiger partial charge in [0.2, 0.25) is 5.91 Å². The van der Waals surface area contributed by atoms with E-state index < -0.39 is 6.10 Å². The zero-order valence-corrected chi connectivity index (χ0v) is 7.25. The summed E-state index contributed by atoms with van der Waals surface area (Å²) in [7, 11) is 0. The van der Waals surface area contributed by atoms with Crippen LogP contribution < -0.4 is 5.32 Å². The highest BCUT2D eigenvalue weighted by Crippen LogP contribution is 2.05. The number of carbonyl (C=O) groups is 1. The van der Waals surface area contributed by atoms with Gasteiger partial charge in [-0.05, 0) is 19.8 Å². The SMILES string of the molecule is C[C@@H](O)C(=O)N[C@H]1CCCOC1. The zero-order chi connectivity index (χ0) is 8.97. The van der Waals surface area contributed by atoms with Crippen LogP contribution in [0.1, 0.15) is 19.8 Å². The van der Waals surface area contributed by atoms with E-state index in [0.29, 0.717) is 6.61 Å². The molecule has 2 N–H and O–H groups in total. The van der Waals surface area contributed by atoms with E-state index in [0.717, 1.165) is 19.4 Å².